The molecule has 4 heteroatoms. The number of aliphatic hydroxyl groups excluding tert-OH is 1. The molecule has 2 N–H and O–H groups in total. The largest absolute Gasteiger partial charge is 0.396 e. The van der Waals surface area contributed by atoms with Crippen LogP contribution in [-0.2, 0) is 9.53 Å². The van der Waals surface area contributed by atoms with E-state index in [1.165, 1.54) is 0 Å². The summed E-state index contributed by atoms with van der Waals surface area (Å²) in [6.07, 6.45) is 2.64. The second-order valence-electron chi connectivity index (χ2n) is 5.31. The monoisotopic (exact) mass is 243 g/mol. The maximum absolute atomic E-state index is 11.8. The molecule has 1 aliphatic heterocycles. The van der Waals surface area contributed by atoms with E-state index < -0.39 is 0 Å². The van der Waals surface area contributed by atoms with Gasteiger partial charge in [0, 0.05) is 19.8 Å². The Morgan fingerprint density at radius 2 is 2.29 bits per heavy atom. The summed E-state index contributed by atoms with van der Waals surface area (Å²) < 4.78 is 5.20. The number of hydrogen-bond donors (Lipinski definition) is 2. The van der Waals surface area contributed by atoms with Gasteiger partial charge in [-0.25, -0.2) is 0 Å². The van der Waals surface area contributed by atoms with Crippen molar-refractivity contribution >= 4 is 5.91 Å². The minimum atomic E-state index is 0.0313. The van der Waals surface area contributed by atoms with Gasteiger partial charge in [0.1, 0.15) is 0 Å². The van der Waals surface area contributed by atoms with E-state index in [0.29, 0.717) is 31.6 Å². The Hall–Kier alpha value is -0.610. The molecule has 1 saturated heterocycles. The van der Waals surface area contributed by atoms with Crippen molar-refractivity contribution < 1.29 is 14.6 Å². The van der Waals surface area contributed by atoms with Gasteiger partial charge in [-0.3, -0.25) is 4.79 Å². The second-order valence-corrected chi connectivity index (χ2v) is 5.31. The quantitative estimate of drug-likeness (QED) is 0.706. The number of nitrogens with one attached hydrogen (secondary N) is 1. The lowest BCUT2D eigenvalue weighted by atomic mass is 9.94. The topological polar surface area (TPSA) is 58.6 Å². The van der Waals surface area contributed by atoms with Crippen molar-refractivity contribution in [3.05, 3.63) is 0 Å². The highest BCUT2D eigenvalue weighted by Crippen LogP contribution is 2.16. The van der Waals surface area contributed by atoms with Crippen molar-refractivity contribution in [1.29, 1.82) is 0 Å². The Morgan fingerprint density at radius 3 is 2.82 bits per heavy atom. The summed E-state index contributed by atoms with van der Waals surface area (Å²) in [6, 6.07) is 0. The van der Waals surface area contributed by atoms with Gasteiger partial charge in [0.2, 0.25) is 5.91 Å². The number of hydrogen-bond acceptors (Lipinski definition) is 3. The van der Waals surface area contributed by atoms with Crippen LogP contribution < -0.4 is 5.32 Å². The first-order valence-electron chi connectivity index (χ1n) is 6.59. The first-order chi connectivity index (χ1) is 8.13. The van der Waals surface area contributed by atoms with Gasteiger partial charge in [0.25, 0.3) is 0 Å². The van der Waals surface area contributed by atoms with Gasteiger partial charge in [-0.15, -0.1) is 0 Å². The standard InChI is InChI=1S/C13H25NO3/c1-10(2)7-11(3-5-15)8-14-13(16)12-4-6-17-9-12/h10-12,15H,3-9H2,1-2H3,(H,14,16). The average Bonchev–Trinajstić information content (AvgIpc) is 2.78. The molecule has 0 saturated carbocycles. The Balaban J connectivity index is 2.26. The predicted molar refractivity (Wildman–Crippen MR) is 66.6 cm³/mol. The molecule has 0 bridgehead atoms. The molecule has 0 aromatic heterocycles. The molecule has 1 fully saturated rings. The van der Waals surface area contributed by atoms with E-state index >= 15 is 0 Å². The molecule has 1 heterocycles. The van der Waals surface area contributed by atoms with Gasteiger partial charge >= 0.3 is 0 Å². The molecule has 0 radical (unpaired) electrons. The van der Waals surface area contributed by atoms with Crippen LogP contribution in [0.3, 0.4) is 0 Å². The van der Waals surface area contributed by atoms with Crippen LogP contribution in [0, 0.1) is 17.8 Å². The number of carbonyl (C=O) groups is 1. The average molecular weight is 243 g/mol. The lowest BCUT2D eigenvalue weighted by Gasteiger charge is -2.19. The highest BCUT2D eigenvalue weighted by Gasteiger charge is 2.23. The third-order valence-corrected chi connectivity index (χ3v) is 3.21. The van der Waals surface area contributed by atoms with E-state index in [1.807, 2.05) is 0 Å². The number of rotatable bonds is 7. The molecule has 0 aromatic rings. The number of aliphatic hydroxyl groups is 1. The fraction of sp³-hybridized carbons (Fsp3) is 0.923. The molecular formula is C13H25NO3. The molecule has 100 valence electrons. The summed E-state index contributed by atoms with van der Waals surface area (Å²) in [6.45, 7) is 6.45. The van der Waals surface area contributed by atoms with Crippen LogP contribution in [0.4, 0.5) is 0 Å². The number of carbonyl (C=O) groups excluding carboxylic acids is 1. The number of amides is 1. The second kappa shape index (κ2) is 7.67. The van der Waals surface area contributed by atoms with E-state index in [4.69, 9.17) is 9.84 Å². The lowest BCUT2D eigenvalue weighted by molar-refractivity contribution is -0.125. The molecule has 4 nitrogen and oxygen atoms in total. The smallest absolute Gasteiger partial charge is 0.225 e. The van der Waals surface area contributed by atoms with Gasteiger partial charge in [-0.05, 0) is 31.1 Å². The third-order valence-electron chi connectivity index (χ3n) is 3.21. The van der Waals surface area contributed by atoms with E-state index in [0.717, 1.165) is 19.3 Å². The SMILES string of the molecule is CC(C)CC(CCO)CNC(=O)C1CCOC1. The normalized spacial score (nSPS) is 21.8. The van der Waals surface area contributed by atoms with Crippen molar-refractivity contribution in [2.24, 2.45) is 17.8 Å². The van der Waals surface area contributed by atoms with Gasteiger partial charge in [-0.1, -0.05) is 13.8 Å². The van der Waals surface area contributed by atoms with Crippen LogP contribution in [0.25, 0.3) is 0 Å². The van der Waals surface area contributed by atoms with Crippen molar-refractivity contribution in [3.63, 3.8) is 0 Å². The third kappa shape index (κ3) is 5.50. The van der Waals surface area contributed by atoms with Crippen LogP contribution >= 0.6 is 0 Å². The highest BCUT2D eigenvalue weighted by molar-refractivity contribution is 5.78. The molecule has 1 rings (SSSR count). The lowest BCUT2D eigenvalue weighted by Crippen LogP contribution is -2.35. The fourth-order valence-corrected chi connectivity index (χ4v) is 2.28. The van der Waals surface area contributed by atoms with Crippen molar-refractivity contribution in [3.8, 4) is 0 Å². The van der Waals surface area contributed by atoms with Gasteiger partial charge in [0.15, 0.2) is 0 Å². The summed E-state index contributed by atoms with van der Waals surface area (Å²) in [5.74, 6) is 1.11. The summed E-state index contributed by atoms with van der Waals surface area (Å²) in [4.78, 5) is 11.8. The highest BCUT2D eigenvalue weighted by atomic mass is 16.5. The number of ether oxygens (including phenoxy) is 1. The maximum Gasteiger partial charge on any atom is 0.225 e. The molecule has 0 aromatic carbocycles. The molecule has 2 atom stereocenters. The molecule has 2 unspecified atom stereocenters. The molecular weight excluding hydrogens is 218 g/mol. The first kappa shape index (κ1) is 14.5. The maximum atomic E-state index is 11.8. The minimum absolute atomic E-state index is 0.0313. The fourth-order valence-electron chi connectivity index (χ4n) is 2.28. The first-order valence-corrected chi connectivity index (χ1v) is 6.59. The van der Waals surface area contributed by atoms with Crippen molar-refractivity contribution in [2.45, 2.75) is 33.1 Å². The molecule has 17 heavy (non-hydrogen) atoms. The Bertz CT molecular complexity index is 225. The molecule has 1 amide bonds. The van der Waals surface area contributed by atoms with Crippen LogP contribution in [0.15, 0.2) is 0 Å². The Kier molecular flexibility index (Phi) is 6.52. The van der Waals surface area contributed by atoms with E-state index in [2.05, 4.69) is 19.2 Å². The summed E-state index contributed by atoms with van der Waals surface area (Å²) >= 11 is 0. The van der Waals surface area contributed by atoms with Gasteiger partial charge in [-0.2, -0.15) is 0 Å². The van der Waals surface area contributed by atoms with Crippen LogP contribution in [0.1, 0.15) is 33.1 Å². The zero-order chi connectivity index (χ0) is 12.7. The Labute approximate surface area is 104 Å². The summed E-state index contributed by atoms with van der Waals surface area (Å²) in [7, 11) is 0. The van der Waals surface area contributed by atoms with E-state index in [1.54, 1.807) is 0 Å². The zero-order valence-electron chi connectivity index (χ0n) is 10.9. The van der Waals surface area contributed by atoms with Crippen molar-refractivity contribution in [1.82, 2.24) is 5.32 Å². The minimum Gasteiger partial charge on any atom is -0.396 e. The molecule has 1 aliphatic rings. The van der Waals surface area contributed by atoms with E-state index in [9.17, 15) is 4.79 Å². The predicted octanol–water partition coefficient (Wildman–Crippen LogP) is 1.18. The zero-order valence-corrected chi connectivity index (χ0v) is 10.9. The Morgan fingerprint density at radius 1 is 1.53 bits per heavy atom. The van der Waals surface area contributed by atoms with Crippen LogP contribution in [-0.4, -0.2) is 37.4 Å². The van der Waals surface area contributed by atoms with E-state index in [-0.39, 0.29) is 18.4 Å². The summed E-state index contributed by atoms with van der Waals surface area (Å²) in [5, 5.41) is 12.0. The molecule has 0 aliphatic carbocycles. The van der Waals surface area contributed by atoms with Crippen LogP contribution in [0.2, 0.25) is 0 Å². The van der Waals surface area contributed by atoms with Crippen molar-refractivity contribution in [2.75, 3.05) is 26.4 Å². The molecule has 0 spiro atoms. The van der Waals surface area contributed by atoms with Crippen LogP contribution in [0.5, 0.6) is 0 Å². The summed E-state index contributed by atoms with van der Waals surface area (Å²) in [5.41, 5.74) is 0. The van der Waals surface area contributed by atoms with Gasteiger partial charge in [0.05, 0.1) is 12.5 Å². The van der Waals surface area contributed by atoms with Gasteiger partial charge < -0.3 is 15.2 Å².